The topological polar surface area (TPSA) is 72.2 Å². The average Bonchev–Trinajstić information content (AvgIpc) is 2.91. The zero-order chi connectivity index (χ0) is 13.9. The molecule has 20 heavy (non-hydrogen) atoms. The normalized spacial score (nSPS) is 13.9. The Labute approximate surface area is 116 Å². The molecule has 0 saturated heterocycles. The van der Waals surface area contributed by atoms with Crippen LogP contribution in [-0.4, -0.2) is 16.7 Å². The van der Waals surface area contributed by atoms with Gasteiger partial charge in [-0.25, -0.2) is 0 Å². The lowest BCUT2D eigenvalue weighted by Crippen LogP contribution is -2.22. The van der Waals surface area contributed by atoms with Crippen molar-refractivity contribution < 1.29 is 14.0 Å². The Kier molecular flexibility index (Phi) is 3.33. The molecule has 0 bridgehead atoms. The Morgan fingerprint density at radius 3 is 3.05 bits per heavy atom. The molecule has 0 atom stereocenters. The van der Waals surface area contributed by atoms with Crippen molar-refractivity contribution in [2.24, 2.45) is 0 Å². The lowest BCUT2D eigenvalue weighted by Gasteiger charge is -2.06. The number of hydrogen-bond donors (Lipinski definition) is 1. The zero-order valence-corrected chi connectivity index (χ0v) is 10.9. The minimum absolute atomic E-state index is 0.0568. The summed E-state index contributed by atoms with van der Waals surface area (Å²) in [6.45, 7) is 0.381. The molecule has 0 radical (unpaired) electrons. The molecular weight excluding hydrogens is 256 g/mol. The van der Waals surface area contributed by atoms with Crippen LogP contribution in [0.2, 0.25) is 0 Å². The van der Waals surface area contributed by atoms with E-state index in [1.165, 1.54) is 0 Å². The number of ketones is 1. The number of fused-ring (bicyclic) bond motifs is 1. The second-order valence-electron chi connectivity index (χ2n) is 4.77. The van der Waals surface area contributed by atoms with Crippen LogP contribution in [0.3, 0.4) is 0 Å². The number of aromatic nitrogens is 1. The monoisotopic (exact) mass is 270 g/mol. The number of nitrogens with one attached hydrogen (secondary N) is 1. The van der Waals surface area contributed by atoms with Crippen LogP contribution in [0, 0.1) is 0 Å². The van der Waals surface area contributed by atoms with Gasteiger partial charge in [-0.3, -0.25) is 14.6 Å². The molecule has 102 valence electrons. The highest BCUT2D eigenvalue weighted by Crippen LogP contribution is 2.24. The maximum Gasteiger partial charge on any atom is 0.287 e. The predicted molar refractivity (Wildman–Crippen MR) is 71.4 cm³/mol. The minimum atomic E-state index is -0.309. The first-order valence-corrected chi connectivity index (χ1v) is 6.57. The highest BCUT2D eigenvalue weighted by Gasteiger charge is 2.24. The fourth-order valence-corrected chi connectivity index (χ4v) is 2.28. The number of hydrogen-bond acceptors (Lipinski definition) is 4. The molecule has 5 nitrogen and oxygen atoms in total. The van der Waals surface area contributed by atoms with E-state index in [9.17, 15) is 9.59 Å². The van der Waals surface area contributed by atoms with Gasteiger partial charge in [-0.1, -0.05) is 6.07 Å². The molecule has 0 fully saturated rings. The van der Waals surface area contributed by atoms with Crippen molar-refractivity contribution in [3.05, 3.63) is 53.2 Å². The van der Waals surface area contributed by atoms with Crippen LogP contribution < -0.4 is 5.32 Å². The van der Waals surface area contributed by atoms with Crippen LogP contribution in [0.1, 0.15) is 45.1 Å². The Bertz CT molecular complexity index is 646. The summed E-state index contributed by atoms with van der Waals surface area (Å²) in [7, 11) is 0. The van der Waals surface area contributed by atoms with Crippen molar-refractivity contribution in [1.29, 1.82) is 0 Å². The molecule has 0 spiro atoms. The number of Topliss-reactive ketones (excluding diaryl/α,β-unsaturated/α-hetero) is 1. The van der Waals surface area contributed by atoms with Gasteiger partial charge in [-0.15, -0.1) is 0 Å². The highest BCUT2D eigenvalue weighted by atomic mass is 16.4. The Hall–Kier alpha value is -2.43. The lowest BCUT2D eigenvalue weighted by molar-refractivity contribution is 0.0917. The van der Waals surface area contributed by atoms with Crippen LogP contribution in [0.25, 0.3) is 0 Å². The molecule has 1 aliphatic rings. The predicted octanol–water partition coefficient (Wildman–Crippen LogP) is 2.12. The van der Waals surface area contributed by atoms with E-state index < -0.39 is 0 Å². The number of amides is 1. The molecule has 1 N–H and O–H groups in total. The largest absolute Gasteiger partial charge is 0.455 e. The number of carbonyl (C=O) groups excluding carboxylic acids is 2. The molecule has 1 amide bonds. The van der Waals surface area contributed by atoms with Gasteiger partial charge in [0.15, 0.2) is 11.5 Å². The summed E-state index contributed by atoms with van der Waals surface area (Å²) in [5.41, 5.74) is 1.47. The summed E-state index contributed by atoms with van der Waals surface area (Å²) >= 11 is 0. The first kappa shape index (κ1) is 12.6. The summed E-state index contributed by atoms with van der Waals surface area (Å²) in [5.74, 6) is 0.583. The summed E-state index contributed by atoms with van der Waals surface area (Å²) in [5, 5.41) is 2.76. The quantitative estimate of drug-likeness (QED) is 0.927. The second kappa shape index (κ2) is 5.28. The van der Waals surface area contributed by atoms with Crippen molar-refractivity contribution >= 4 is 11.7 Å². The molecule has 0 aliphatic heterocycles. The summed E-state index contributed by atoms with van der Waals surface area (Å²) in [6.07, 6.45) is 5.41. The van der Waals surface area contributed by atoms with Crippen LogP contribution >= 0.6 is 0 Å². The van der Waals surface area contributed by atoms with Crippen molar-refractivity contribution in [1.82, 2.24) is 10.3 Å². The smallest absolute Gasteiger partial charge is 0.287 e. The Morgan fingerprint density at radius 2 is 2.30 bits per heavy atom. The van der Waals surface area contributed by atoms with Gasteiger partial charge in [0.1, 0.15) is 5.76 Å². The minimum Gasteiger partial charge on any atom is -0.455 e. The van der Waals surface area contributed by atoms with Crippen molar-refractivity contribution in [2.75, 3.05) is 0 Å². The fourth-order valence-electron chi connectivity index (χ4n) is 2.28. The van der Waals surface area contributed by atoms with Crippen LogP contribution in [0.5, 0.6) is 0 Å². The van der Waals surface area contributed by atoms with Crippen LogP contribution in [0.4, 0.5) is 0 Å². The van der Waals surface area contributed by atoms with Crippen LogP contribution in [-0.2, 0) is 13.0 Å². The van der Waals surface area contributed by atoms with Gasteiger partial charge in [-0.05, 0) is 18.1 Å². The van der Waals surface area contributed by atoms with Crippen molar-refractivity contribution in [3.63, 3.8) is 0 Å². The number of furan rings is 1. The van der Waals surface area contributed by atoms with Crippen LogP contribution in [0.15, 0.2) is 35.0 Å². The van der Waals surface area contributed by atoms with E-state index in [-0.39, 0.29) is 17.5 Å². The molecule has 2 heterocycles. The number of pyridine rings is 1. The highest BCUT2D eigenvalue weighted by molar-refractivity contribution is 6.01. The lowest BCUT2D eigenvalue weighted by atomic mass is 9.97. The van der Waals surface area contributed by atoms with Gasteiger partial charge in [-0.2, -0.15) is 0 Å². The molecule has 0 saturated carbocycles. The number of nitrogens with zero attached hydrogens (tertiary/aromatic N) is 1. The summed E-state index contributed by atoms with van der Waals surface area (Å²) < 4.78 is 5.48. The number of rotatable bonds is 3. The van der Waals surface area contributed by atoms with E-state index in [0.717, 1.165) is 18.4 Å². The Balaban J connectivity index is 1.70. The van der Waals surface area contributed by atoms with Gasteiger partial charge < -0.3 is 9.73 Å². The molecule has 2 aromatic rings. The molecule has 5 heteroatoms. The zero-order valence-electron chi connectivity index (χ0n) is 10.9. The SMILES string of the molecule is O=C(NCc1cccnc1)c1cc2c(o1)CCCC2=O. The van der Waals surface area contributed by atoms with E-state index in [4.69, 9.17) is 4.42 Å². The van der Waals surface area contributed by atoms with Crippen molar-refractivity contribution in [2.45, 2.75) is 25.8 Å². The van der Waals surface area contributed by atoms with Gasteiger partial charge >= 0.3 is 0 Å². The third-order valence-electron chi connectivity index (χ3n) is 3.32. The average molecular weight is 270 g/mol. The third kappa shape index (κ3) is 2.47. The Morgan fingerprint density at radius 1 is 1.40 bits per heavy atom. The molecular formula is C15H14N2O3. The van der Waals surface area contributed by atoms with E-state index in [1.807, 2.05) is 12.1 Å². The molecule has 0 unspecified atom stereocenters. The van der Waals surface area contributed by atoms with E-state index >= 15 is 0 Å². The van der Waals surface area contributed by atoms with E-state index in [0.29, 0.717) is 24.3 Å². The maximum absolute atomic E-state index is 12.0. The summed E-state index contributed by atoms with van der Waals surface area (Å²) in [6, 6.07) is 5.24. The van der Waals surface area contributed by atoms with Gasteiger partial charge in [0.25, 0.3) is 5.91 Å². The maximum atomic E-state index is 12.0. The second-order valence-corrected chi connectivity index (χ2v) is 4.77. The third-order valence-corrected chi connectivity index (χ3v) is 3.32. The van der Waals surface area contributed by atoms with Gasteiger partial charge in [0.2, 0.25) is 0 Å². The van der Waals surface area contributed by atoms with E-state index in [1.54, 1.807) is 18.5 Å². The standard InChI is InChI=1S/C15H14N2O3/c18-12-4-1-5-13-11(12)7-14(20-13)15(19)17-9-10-3-2-6-16-8-10/h2-3,6-8H,1,4-5,9H2,(H,17,19). The molecule has 1 aliphatic carbocycles. The number of carbonyl (C=O) groups is 2. The van der Waals surface area contributed by atoms with E-state index in [2.05, 4.69) is 10.3 Å². The number of aryl methyl sites for hydroxylation is 1. The first-order chi connectivity index (χ1) is 9.74. The van der Waals surface area contributed by atoms with Gasteiger partial charge in [0, 0.05) is 37.8 Å². The van der Waals surface area contributed by atoms with Gasteiger partial charge in [0.05, 0.1) is 5.56 Å². The first-order valence-electron chi connectivity index (χ1n) is 6.57. The fraction of sp³-hybridized carbons (Fsp3) is 0.267. The van der Waals surface area contributed by atoms with Crippen molar-refractivity contribution in [3.8, 4) is 0 Å². The molecule has 2 aromatic heterocycles. The molecule has 3 rings (SSSR count). The molecule has 0 aromatic carbocycles. The summed E-state index contributed by atoms with van der Waals surface area (Å²) in [4.78, 5) is 27.7.